The molecule has 2 fully saturated rings. The molecule has 1 saturated heterocycles. The lowest BCUT2D eigenvalue weighted by Crippen LogP contribution is -2.42. The molecule has 2 atom stereocenters. The Morgan fingerprint density at radius 1 is 1.25 bits per heavy atom. The predicted octanol–water partition coefficient (Wildman–Crippen LogP) is 2.52. The summed E-state index contributed by atoms with van der Waals surface area (Å²) in [5.41, 5.74) is 0.729. The van der Waals surface area contributed by atoms with Gasteiger partial charge in [-0.2, -0.15) is 0 Å². The van der Waals surface area contributed by atoms with Gasteiger partial charge in [-0.3, -0.25) is 0 Å². The molecule has 70 valence electrons. The lowest BCUT2D eigenvalue weighted by atomic mass is 9.73. The molecule has 1 heterocycles. The molecule has 2 aliphatic rings. The predicted molar refractivity (Wildman–Crippen MR) is 52.2 cm³/mol. The lowest BCUT2D eigenvalue weighted by molar-refractivity contribution is 0.0768. The zero-order valence-corrected chi connectivity index (χ0v) is 8.47. The highest BCUT2D eigenvalue weighted by Crippen LogP contribution is 2.48. The number of likely N-dealkylation sites (tertiary alicyclic amines) is 1. The second-order valence-electron chi connectivity index (χ2n) is 5.00. The Bertz CT molecular complexity index is 166. The van der Waals surface area contributed by atoms with Crippen molar-refractivity contribution >= 4 is 0 Å². The van der Waals surface area contributed by atoms with E-state index in [0.29, 0.717) is 0 Å². The van der Waals surface area contributed by atoms with Gasteiger partial charge in [0.1, 0.15) is 0 Å². The van der Waals surface area contributed by atoms with Gasteiger partial charge in [0.15, 0.2) is 0 Å². The van der Waals surface area contributed by atoms with Crippen LogP contribution in [0.25, 0.3) is 0 Å². The molecule has 0 amide bonds. The third kappa shape index (κ3) is 1.28. The second kappa shape index (κ2) is 3.02. The maximum absolute atomic E-state index is 2.53. The number of nitrogens with zero attached hydrogens (tertiary/aromatic N) is 1. The molecule has 2 rings (SSSR count). The summed E-state index contributed by atoms with van der Waals surface area (Å²) in [5, 5.41) is 0. The molecule has 1 aliphatic carbocycles. The Labute approximate surface area is 76.1 Å². The summed E-state index contributed by atoms with van der Waals surface area (Å²) in [6, 6.07) is 0. The number of hydrogen-bond donors (Lipinski definition) is 0. The summed E-state index contributed by atoms with van der Waals surface area (Å²) >= 11 is 0. The van der Waals surface area contributed by atoms with E-state index in [2.05, 4.69) is 18.9 Å². The van der Waals surface area contributed by atoms with Crippen molar-refractivity contribution in [3.8, 4) is 0 Å². The minimum Gasteiger partial charge on any atom is -0.306 e. The SMILES string of the molecule is CC1CCCC12CCCN(C)C2. The van der Waals surface area contributed by atoms with Crippen LogP contribution in [0.4, 0.5) is 0 Å². The van der Waals surface area contributed by atoms with Crippen LogP contribution in [-0.2, 0) is 0 Å². The van der Waals surface area contributed by atoms with Crippen LogP contribution in [-0.4, -0.2) is 25.0 Å². The van der Waals surface area contributed by atoms with E-state index in [1.807, 2.05) is 0 Å². The van der Waals surface area contributed by atoms with Crippen molar-refractivity contribution in [2.75, 3.05) is 20.1 Å². The molecule has 0 radical (unpaired) electrons. The summed E-state index contributed by atoms with van der Waals surface area (Å²) in [5.74, 6) is 0.986. The van der Waals surface area contributed by atoms with E-state index in [4.69, 9.17) is 0 Å². The summed E-state index contributed by atoms with van der Waals surface area (Å²) in [6.07, 6.45) is 7.39. The molecule has 0 bridgehead atoms. The minimum atomic E-state index is 0.729. The highest BCUT2D eigenvalue weighted by Gasteiger charge is 2.41. The van der Waals surface area contributed by atoms with Gasteiger partial charge in [-0.1, -0.05) is 19.8 Å². The van der Waals surface area contributed by atoms with Crippen LogP contribution in [0, 0.1) is 11.3 Å². The molecule has 0 N–H and O–H groups in total. The maximum atomic E-state index is 2.53. The minimum absolute atomic E-state index is 0.729. The van der Waals surface area contributed by atoms with E-state index in [9.17, 15) is 0 Å². The molecule has 0 aromatic rings. The Hall–Kier alpha value is -0.0400. The standard InChI is InChI=1S/C11H21N/c1-10-5-3-6-11(10)7-4-8-12(2)9-11/h10H,3-9H2,1-2H3. The maximum Gasteiger partial charge on any atom is 0.00375 e. The van der Waals surface area contributed by atoms with E-state index < -0.39 is 0 Å². The van der Waals surface area contributed by atoms with Crippen LogP contribution in [0.15, 0.2) is 0 Å². The zero-order chi connectivity index (χ0) is 8.60. The van der Waals surface area contributed by atoms with Gasteiger partial charge in [0.2, 0.25) is 0 Å². The Balaban J connectivity index is 2.08. The van der Waals surface area contributed by atoms with Crippen LogP contribution in [0.5, 0.6) is 0 Å². The average molecular weight is 167 g/mol. The first-order chi connectivity index (χ1) is 5.73. The third-order valence-electron chi connectivity index (χ3n) is 4.16. The van der Waals surface area contributed by atoms with E-state index in [0.717, 1.165) is 11.3 Å². The molecule has 12 heavy (non-hydrogen) atoms. The number of hydrogen-bond acceptors (Lipinski definition) is 1. The normalized spacial score (nSPS) is 44.0. The van der Waals surface area contributed by atoms with E-state index >= 15 is 0 Å². The molecule has 1 nitrogen and oxygen atoms in total. The van der Waals surface area contributed by atoms with E-state index in [1.54, 1.807) is 0 Å². The molecule has 1 spiro atoms. The van der Waals surface area contributed by atoms with Crippen molar-refractivity contribution in [2.45, 2.75) is 39.0 Å². The fraction of sp³-hybridized carbons (Fsp3) is 1.00. The highest BCUT2D eigenvalue weighted by atomic mass is 15.1. The first kappa shape index (κ1) is 8.55. The lowest BCUT2D eigenvalue weighted by Gasteiger charge is -2.42. The monoisotopic (exact) mass is 167 g/mol. The molecule has 1 saturated carbocycles. The fourth-order valence-electron chi connectivity index (χ4n) is 3.32. The molecule has 0 aromatic heterocycles. The Morgan fingerprint density at radius 2 is 2.00 bits per heavy atom. The average Bonchev–Trinajstić information content (AvgIpc) is 2.33. The summed E-state index contributed by atoms with van der Waals surface area (Å²) in [4.78, 5) is 2.53. The molecular formula is C11H21N. The summed E-state index contributed by atoms with van der Waals surface area (Å²) in [6.45, 7) is 5.16. The van der Waals surface area contributed by atoms with Gasteiger partial charge in [-0.25, -0.2) is 0 Å². The second-order valence-corrected chi connectivity index (χ2v) is 5.00. The van der Waals surface area contributed by atoms with Crippen molar-refractivity contribution in [1.82, 2.24) is 4.90 Å². The van der Waals surface area contributed by atoms with Crippen molar-refractivity contribution in [1.29, 1.82) is 0 Å². The largest absolute Gasteiger partial charge is 0.306 e. The van der Waals surface area contributed by atoms with Crippen LogP contribution in [0.2, 0.25) is 0 Å². The van der Waals surface area contributed by atoms with Gasteiger partial charge in [0.05, 0.1) is 0 Å². The summed E-state index contributed by atoms with van der Waals surface area (Å²) < 4.78 is 0. The van der Waals surface area contributed by atoms with Gasteiger partial charge in [-0.05, 0) is 44.2 Å². The molecule has 2 unspecified atom stereocenters. The quantitative estimate of drug-likeness (QED) is 0.536. The smallest absolute Gasteiger partial charge is 0.00375 e. The Kier molecular flexibility index (Phi) is 2.16. The van der Waals surface area contributed by atoms with Crippen LogP contribution in [0.1, 0.15) is 39.0 Å². The number of piperidine rings is 1. The number of rotatable bonds is 0. The van der Waals surface area contributed by atoms with Crippen LogP contribution >= 0.6 is 0 Å². The summed E-state index contributed by atoms with van der Waals surface area (Å²) in [7, 11) is 2.28. The van der Waals surface area contributed by atoms with Crippen LogP contribution < -0.4 is 0 Å². The van der Waals surface area contributed by atoms with E-state index in [-0.39, 0.29) is 0 Å². The van der Waals surface area contributed by atoms with Crippen molar-refractivity contribution in [3.63, 3.8) is 0 Å². The van der Waals surface area contributed by atoms with Gasteiger partial charge >= 0.3 is 0 Å². The van der Waals surface area contributed by atoms with Gasteiger partial charge in [0, 0.05) is 6.54 Å². The zero-order valence-electron chi connectivity index (χ0n) is 8.47. The van der Waals surface area contributed by atoms with Crippen molar-refractivity contribution in [3.05, 3.63) is 0 Å². The van der Waals surface area contributed by atoms with Gasteiger partial charge in [0.25, 0.3) is 0 Å². The van der Waals surface area contributed by atoms with Crippen molar-refractivity contribution in [2.24, 2.45) is 11.3 Å². The molecular weight excluding hydrogens is 146 g/mol. The first-order valence-corrected chi connectivity index (χ1v) is 5.41. The molecule has 1 aliphatic heterocycles. The third-order valence-corrected chi connectivity index (χ3v) is 4.16. The van der Waals surface area contributed by atoms with Crippen LogP contribution in [0.3, 0.4) is 0 Å². The van der Waals surface area contributed by atoms with Gasteiger partial charge < -0.3 is 4.90 Å². The fourth-order valence-corrected chi connectivity index (χ4v) is 3.32. The van der Waals surface area contributed by atoms with Gasteiger partial charge in [-0.15, -0.1) is 0 Å². The molecule has 1 heteroatoms. The topological polar surface area (TPSA) is 3.24 Å². The first-order valence-electron chi connectivity index (χ1n) is 5.41. The molecule has 0 aromatic carbocycles. The highest BCUT2D eigenvalue weighted by molar-refractivity contribution is 4.94. The van der Waals surface area contributed by atoms with E-state index in [1.165, 1.54) is 45.2 Å². The Morgan fingerprint density at radius 3 is 2.58 bits per heavy atom. The van der Waals surface area contributed by atoms with Crippen molar-refractivity contribution < 1.29 is 0 Å².